The highest BCUT2D eigenvalue weighted by molar-refractivity contribution is 7.99. The first-order valence-electron chi connectivity index (χ1n) is 9.94. The van der Waals surface area contributed by atoms with Crippen molar-refractivity contribution < 1.29 is 9.53 Å². The average Bonchev–Trinajstić information content (AvgIpc) is 3.18. The Morgan fingerprint density at radius 3 is 2.58 bits per heavy atom. The zero-order valence-corrected chi connectivity index (χ0v) is 18.8. The summed E-state index contributed by atoms with van der Waals surface area (Å²) in [5, 5.41) is 8.40. The quantitative estimate of drug-likeness (QED) is 0.341. The van der Waals surface area contributed by atoms with Gasteiger partial charge in [-0.05, 0) is 56.2 Å². The summed E-state index contributed by atoms with van der Waals surface area (Å²) in [6.45, 7) is 5.98. The number of carbonyl (C=O) groups excluding carboxylic acids is 1. The monoisotopic (exact) mass is 432 g/mol. The van der Waals surface area contributed by atoms with Crippen LogP contribution in [0.4, 0.5) is 5.69 Å². The fourth-order valence-electron chi connectivity index (χ4n) is 3.41. The minimum absolute atomic E-state index is 0.0536. The summed E-state index contributed by atoms with van der Waals surface area (Å²) in [5.74, 6) is 1.03. The summed E-state index contributed by atoms with van der Waals surface area (Å²) >= 11 is 1.44. The van der Waals surface area contributed by atoms with Crippen molar-refractivity contribution in [2.75, 3.05) is 18.2 Å². The lowest BCUT2D eigenvalue weighted by Crippen LogP contribution is -2.15. The van der Waals surface area contributed by atoms with Gasteiger partial charge in [0.05, 0.1) is 19.1 Å². The molecule has 4 rings (SSSR count). The zero-order chi connectivity index (χ0) is 22.0. The van der Waals surface area contributed by atoms with Crippen molar-refractivity contribution in [2.45, 2.75) is 25.8 Å². The molecule has 0 radical (unpaired) electrons. The maximum absolute atomic E-state index is 12.5. The van der Waals surface area contributed by atoms with Crippen molar-refractivity contribution in [3.63, 3.8) is 0 Å². The van der Waals surface area contributed by atoms with E-state index in [2.05, 4.69) is 21.5 Å². The van der Waals surface area contributed by atoms with Gasteiger partial charge in [0, 0.05) is 16.9 Å². The van der Waals surface area contributed by atoms with E-state index in [4.69, 9.17) is 4.74 Å². The summed E-state index contributed by atoms with van der Waals surface area (Å²) in [6.07, 6.45) is 1.81. The third-order valence-corrected chi connectivity index (χ3v) is 5.97. The summed E-state index contributed by atoms with van der Waals surface area (Å²) in [6, 6.07) is 15.8. The van der Waals surface area contributed by atoms with E-state index in [1.807, 2.05) is 69.4 Å². The lowest BCUT2D eigenvalue weighted by atomic mass is 10.1. The first-order valence-corrected chi connectivity index (χ1v) is 10.9. The summed E-state index contributed by atoms with van der Waals surface area (Å²) < 4.78 is 7.04. The van der Waals surface area contributed by atoms with Gasteiger partial charge in [0.1, 0.15) is 10.8 Å². The molecule has 0 unspecified atom stereocenters. The molecule has 158 valence electrons. The van der Waals surface area contributed by atoms with Gasteiger partial charge in [0.2, 0.25) is 5.91 Å². The Bertz CT molecular complexity index is 1250. The van der Waals surface area contributed by atoms with Crippen LogP contribution in [-0.2, 0) is 4.79 Å². The molecule has 0 aliphatic heterocycles. The predicted octanol–water partition coefficient (Wildman–Crippen LogP) is 5.06. The summed E-state index contributed by atoms with van der Waals surface area (Å²) in [5.41, 5.74) is 6.66. The zero-order valence-electron chi connectivity index (χ0n) is 18.0. The van der Waals surface area contributed by atoms with Crippen molar-refractivity contribution in [3.05, 3.63) is 71.5 Å². The molecule has 0 atom stereocenters. The van der Waals surface area contributed by atoms with Gasteiger partial charge >= 0.3 is 0 Å². The Balaban J connectivity index is 1.55. The van der Waals surface area contributed by atoms with Gasteiger partial charge in [-0.2, -0.15) is 5.10 Å². The van der Waals surface area contributed by atoms with Crippen LogP contribution in [0.25, 0.3) is 16.8 Å². The molecule has 4 aromatic rings. The van der Waals surface area contributed by atoms with Crippen molar-refractivity contribution >= 4 is 29.0 Å². The standard InChI is InChI=1S/C24H24N4O2S/c1-15-5-10-21(16(2)11-15)27-22(29)14-31-23-12-17(3)26-24-20(13-25-28(23)24)18-6-8-19(30-4)9-7-18/h5-13H,14H2,1-4H3,(H,27,29). The molecule has 0 bridgehead atoms. The molecule has 2 aromatic carbocycles. The van der Waals surface area contributed by atoms with Crippen LogP contribution < -0.4 is 10.1 Å². The van der Waals surface area contributed by atoms with E-state index in [-0.39, 0.29) is 11.7 Å². The Kier molecular flexibility index (Phi) is 5.95. The molecule has 2 heterocycles. The maximum atomic E-state index is 12.5. The Labute approximate surface area is 185 Å². The van der Waals surface area contributed by atoms with Crippen LogP contribution in [0, 0.1) is 20.8 Å². The first kappa shape index (κ1) is 20.9. The van der Waals surface area contributed by atoms with Gasteiger partial charge in [-0.15, -0.1) is 0 Å². The maximum Gasteiger partial charge on any atom is 0.234 e. The number of rotatable bonds is 6. The minimum Gasteiger partial charge on any atom is -0.497 e. The van der Waals surface area contributed by atoms with Gasteiger partial charge in [0.15, 0.2) is 5.65 Å². The van der Waals surface area contributed by atoms with E-state index in [0.717, 1.165) is 44.5 Å². The highest BCUT2D eigenvalue weighted by Crippen LogP contribution is 2.29. The Morgan fingerprint density at radius 2 is 1.87 bits per heavy atom. The SMILES string of the molecule is COc1ccc(-c2cnn3c(SCC(=O)Nc4ccc(C)cc4C)cc(C)nc23)cc1. The fraction of sp³-hybridized carbons (Fsp3) is 0.208. The number of carbonyl (C=O) groups is 1. The summed E-state index contributed by atoms with van der Waals surface area (Å²) in [7, 11) is 1.65. The molecule has 0 fully saturated rings. The Morgan fingerprint density at radius 1 is 1.10 bits per heavy atom. The van der Waals surface area contributed by atoms with Gasteiger partial charge < -0.3 is 10.1 Å². The number of thioether (sulfide) groups is 1. The number of hydrogen-bond acceptors (Lipinski definition) is 5. The molecule has 0 spiro atoms. The second-order valence-corrected chi connectivity index (χ2v) is 8.41. The number of methoxy groups -OCH3 is 1. The number of nitrogens with one attached hydrogen (secondary N) is 1. The normalized spacial score (nSPS) is 11.0. The van der Waals surface area contributed by atoms with E-state index in [0.29, 0.717) is 0 Å². The van der Waals surface area contributed by atoms with Crippen LogP contribution in [0.3, 0.4) is 0 Å². The number of aromatic nitrogens is 3. The van der Waals surface area contributed by atoms with E-state index in [1.54, 1.807) is 11.6 Å². The molecule has 0 aliphatic carbocycles. The number of anilines is 1. The largest absolute Gasteiger partial charge is 0.497 e. The van der Waals surface area contributed by atoms with E-state index < -0.39 is 0 Å². The number of ether oxygens (including phenoxy) is 1. The third-order valence-electron chi connectivity index (χ3n) is 4.98. The molecule has 0 aliphatic rings. The highest BCUT2D eigenvalue weighted by Gasteiger charge is 2.14. The van der Waals surface area contributed by atoms with E-state index >= 15 is 0 Å². The van der Waals surface area contributed by atoms with Crippen molar-refractivity contribution in [1.29, 1.82) is 0 Å². The number of aryl methyl sites for hydroxylation is 3. The topological polar surface area (TPSA) is 68.5 Å². The molecule has 0 saturated heterocycles. The molecule has 1 amide bonds. The van der Waals surface area contributed by atoms with Crippen molar-refractivity contribution in [3.8, 4) is 16.9 Å². The predicted molar refractivity (Wildman–Crippen MR) is 125 cm³/mol. The molecular weight excluding hydrogens is 408 g/mol. The first-order chi connectivity index (χ1) is 14.9. The molecule has 0 saturated carbocycles. The number of benzene rings is 2. The second kappa shape index (κ2) is 8.81. The number of nitrogens with zero attached hydrogens (tertiary/aromatic N) is 3. The number of hydrogen-bond donors (Lipinski definition) is 1. The number of amides is 1. The molecule has 1 N–H and O–H groups in total. The molecule has 31 heavy (non-hydrogen) atoms. The van der Waals surface area contributed by atoms with Gasteiger partial charge in [-0.1, -0.05) is 41.6 Å². The molecule has 7 heteroatoms. The molecular formula is C24H24N4O2S. The minimum atomic E-state index is -0.0536. The number of fused-ring (bicyclic) bond motifs is 1. The molecule has 2 aromatic heterocycles. The second-order valence-electron chi connectivity index (χ2n) is 7.41. The van der Waals surface area contributed by atoms with Crippen LogP contribution in [0.15, 0.2) is 59.8 Å². The molecule has 6 nitrogen and oxygen atoms in total. The van der Waals surface area contributed by atoms with Gasteiger partial charge in [0.25, 0.3) is 0 Å². The van der Waals surface area contributed by atoms with Crippen LogP contribution in [-0.4, -0.2) is 33.4 Å². The lowest BCUT2D eigenvalue weighted by molar-refractivity contribution is -0.113. The fourth-order valence-corrected chi connectivity index (χ4v) is 4.27. The highest BCUT2D eigenvalue weighted by atomic mass is 32.2. The van der Waals surface area contributed by atoms with Gasteiger partial charge in [-0.25, -0.2) is 9.50 Å². The lowest BCUT2D eigenvalue weighted by Gasteiger charge is -2.10. The summed E-state index contributed by atoms with van der Waals surface area (Å²) in [4.78, 5) is 17.2. The van der Waals surface area contributed by atoms with E-state index in [9.17, 15) is 4.79 Å². The third kappa shape index (κ3) is 4.56. The van der Waals surface area contributed by atoms with Gasteiger partial charge in [-0.3, -0.25) is 4.79 Å². The van der Waals surface area contributed by atoms with Crippen LogP contribution in [0.2, 0.25) is 0 Å². The van der Waals surface area contributed by atoms with E-state index in [1.165, 1.54) is 17.3 Å². The smallest absolute Gasteiger partial charge is 0.234 e. The van der Waals surface area contributed by atoms with Crippen LogP contribution in [0.1, 0.15) is 16.8 Å². The van der Waals surface area contributed by atoms with Crippen molar-refractivity contribution in [2.24, 2.45) is 0 Å². The Hall–Kier alpha value is -3.32. The van der Waals surface area contributed by atoms with Crippen LogP contribution >= 0.6 is 11.8 Å². The van der Waals surface area contributed by atoms with Crippen LogP contribution in [0.5, 0.6) is 5.75 Å². The van der Waals surface area contributed by atoms with Crippen molar-refractivity contribution in [1.82, 2.24) is 14.6 Å². The average molecular weight is 433 g/mol.